The highest BCUT2D eigenvalue weighted by Crippen LogP contribution is 2.15. The van der Waals surface area contributed by atoms with Crippen molar-refractivity contribution >= 4 is 23.9 Å². The summed E-state index contributed by atoms with van der Waals surface area (Å²) in [6.45, 7) is 0. The maximum Gasteiger partial charge on any atom is 0.162 e. The Morgan fingerprint density at radius 1 is 1.23 bits per heavy atom. The van der Waals surface area contributed by atoms with Gasteiger partial charge in [-0.15, -0.1) is 0 Å². The molecular formula is C11H13ClN+. The number of nitrogens with zero attached hydrogens (tertiary/aromatic N) is 1. The minimum Gasteiger partial charge on any atom is -0.241 e. The number of rotatable bonds is 2. The SMILES string of the molecule is C[N+](C)=CC=Cc1ccccc1Cl. The third-order valence-electron chi connectivity index (χ3n) is 1.57. The summed E-state index contributed by atoms with van der Waals surface area (Å²) in [5.41, 5.74) is 1.04. The molecule has 1 aromatic carbocycles. The van der Waals surface area contributed by atoms with E-state index in [1.165, 1.54) is 0 Å². The molecule has 0 saturated heterocycles. The van der Waals surface area contributed by atoms with Crippen molar-refractivity contribution in [1.82, 2.24) is 0 Å². The van der Waals surface area contributed by atoms with Crippen molar-refractivity contribution in [3.05, 3.63) is 40.9 Å². The van der Waals surface area contributed by atoms with E-state index >= 15 is 0 Å². The Morgan fingerprint density at radius 3 is 2.54 bits per heavy atom. The van der Waals surface area contributed by atoms with Gasteiger partial charge in [0.25, 0.3) is 0 Å². The first-order valence-corrected chi connectivity index (χ1v) is 4.50. The minimum atomic E-state index is 0.783. The average molecular weight is 195 g/mol. The van der Waals surface area contributed by atoms with Gasteiger partial charge in [0, 0.05) is 11.1 Å². The van der Waals surface area contributed by atoms with Crippen LogP contribution < -0.4 is 0 Å². The smallest absolute Gasteiger partial charge is 0.162 e. The van der Waals surface area contributed by atoms with Gasteiger partial charge in [-0.2, -0.15) is 0 Å². The topological polar surface area (TPSA) is 3.01 Å². The Hall–Kier alpha value is -1.08. The predicted octanol–water partition coefficient (Wildman–Crippen LogP) is 2.70. The van der Waals surface area contributed by atoms with Crippen molar-refractivity contribution in [2.24, 2.45) is 0 Å². The van der Waals surface area contributed by atoms with Crippen LogP contribution in [0.2, 0.25) is 5.02 Å². The maximum absolute atomic E-state index is 5.96. The van der Waals surface area contributed by atoms with Crippen LogP contribution in [0, 0.1) is 0 Å². The predicted molar refractivity (Wildman–Crippen MR) is 58.7 cm³/mol. The molecule has 0 unspecified atom stereocenters. The third-order valence-corrected chi connectivity index (χ3v) is 1.91. The molecule has 1 aromatic rings. The van der Waals surface area contributed by atoms with Gasteiger partial charge in [-0.05, 0) is 17.7 Å². The molecule has 1 nitrogen and oxygen atoms in total. The monoisotopic (exact) mass is 194 g/mol. The summed E-state index contributed by atoms with van der Waals surface area (Å²) in [6, 6.07) is 7.77. The summed E-state index contributed by atoms with van der Waals surface area (Å²) in [5.74, 6) is 0. The molecule has 2 heteroatoms. The molecule has 0 amide bonds. The zero-order valence-electron chi connectivity index (χ0n) is 7.87. The van der Waals surface area contributed by atoms with Crippen LogP contribution in [0.4, 0.5) is 0 Å². The van der Waals surface area contributed by atoms with Crippen molar-refractivity contribution in [3.63, 3.8) is 0 Å². The van der Waals surface area contributed by atoms with E-state index in [4.69, 9.17) is 11.6 Å². The molecule has 0 heterocycles. The average Bonchev–Trinajstić information content (AvgIpc) is 2.08. The van der Waals surface area contributed by atoms with Crippen LogP contribution in [-0.2, 0) is 0 Å². The third kappa shape index (κ3) is 3.43. The van der Waals surface area contributed by atoms with Crippen LogP contribution in [0.15, 0.2) is 30.3 Å². The molecule has 0 radical (unpaired) electrons. The zero-order chi connectivity index (χ0) is 9.68. The lowest BCUT2D eigenvalue weighted by molar-refractivity contribution is -0.458. The van der Waals surface area contributed by atoms with Crippen molar-refractivity contribution in [2.45, 2.75) is 0 Å². The van der Waals surface area contributed by atoms with Gasteiger partial charge in [-0.25, -0.2) is 4.58 Å². The minimum absolute atomic E-state index is 0.783. The lowest BCUT2D eigenvalue weighted by atomic mass is 10.2. The van der Waals surface area contributed by atoms with E-state index in [1.54, 1.807) is 0 Å². The number of allylic oxidation sites excluding steroid dienone is 1. The molecule has 68 valence electrons. The number of hydrogen-bond donors (Lipinski definition) is 0. The van der Waals surface area contributed by atoms with Crippen LogP contribution >= 0.6 is 11.6 Å². The summed E-state index contributed by atoms with van der Waals surface area (Å²) < 4.78 is 1.98. The quantitative estimate of drug-likeness (QED) is 0.503. The van der Waals surface area contributed by atoms with E-state index < -0.39 is 0 Å². The van der Waals surface area contributed by atoms with Gasteiger partial charge < -0.3 is 0 Å². The van der Waals surface area contributed by atoms with Crippen LogP contribution in [0.3, 0.4) is 0 Å². The van der Waals surface area contributed by atoms with E-state index in [0.29, 0.717) is 0 Å². The maximum atomic E-state index is 5.96. The van der Waals surface area contributed by atoms with E-state index in [-0.39, 0.29) is 0 Å². The molecule has 1 rings (SSSR count). The van der Waals surface area contributed by atoms with Gasteiger partial charge in [-0.3, -0.25) is 0 Å². The van der Waals surface area contributed by atoms with Crippen molar-refractivity contribution < 1.29 is 4.58 Å². The lowest BCUT2D eigenvalue weighted by Crippen LogP contribution is -1.94. The van der Waals surface area contributed by atoms with E-state index in [1.807, 2.05) is 61.3 Å². The van der Waals surface area contributed by atoms with Crippen molar-refractivity contribution in [1.29, 1.82) is 0 Å². The summed E-state index contributed by atoms with van der Waals surface area (Å²) >= 11 is 5.96. The highest BCUT2D eigenvalue weighted by molar-refractivity contribution is 6.32. The Kier molecular flexibility index (Phi) is 3.71. The van der Waals surface area contributed by atoms with E-state index in [0.717, 1.165) is 10.6 Å². The van der Waals surface area contributed by atoms with Crippen molar-refractivity contribution in [3.8, 4) is 0 Å². The van der Waals surface area contributed by atoms with Gasteiger partial charge >= 0.3 is 0 Å². The molecule has 0 N–H and O–H groups in total. The highest BCUT2D eigenvalue weighted by Gasteiger charge is 1.91. The number of hydrogen-bond acceptors (Lipinski definition) is 0. The summed E-state index contributed by atoms with van der Waals surface area (Å²) in [7, 11) is 3.97. The Balaban J connectivity index is 2.80. The molecule has 0 aromatic heterocycles. The van der Waals surface area contributed by atoms with Crippen molar-refractivity contribution in [2.75, 3.05) is 14.1 Å². The van der Waals surface area contributed by atoms with Gasteiger partial charge in [0.15, 0.2) is 6.21 Å². The first-order chi connectivity index (χ1) is 6.20. The van der Waals surface area contributed by atoms with Gasteiger partial charge in [0.1, 0.15) is 14.1 Å². The molecular weight excluding hydrogens is 182 g/mol. The van der Waals surface area contributed by atoms with E-state index in [9.17, 15) is 0 Å². The molecule has 0 aliphatic heterocycles. The molecule has 0 spiro atoms. The highest BCUT2D eigenvalue weighted by atomic mass is 35.5. The number of halogens is 1. The molecule has 0 aliphatic rings. The Bertz CT molecular complexity index is 336. The Morgan fingerprint density at radius 2 is 1.92 bits per heavy atom. The van der Waals surface area contributed by atoms with E-state index in [2.05, 4.69) is 0 Å². The van der Waals surface area contributed by atoms with Crippen LogP contribution in [0.25, 0.3) is 6.08 Å². The standard InChI is InChI=1S/C11H13ClN/c1-13(2)9-5-7-10-6-3-4-8-11(10)12/h3-9H,1-2H3/q+1. The zero-order valence-corrected chi connectivity index (χ0v) is 8.62. The second kappa shape index (κ2) is 4.83. The summed E-state index contributed by atoms with van der Waals surface area (Å²) in [6.07, 6.45) is 5.94. The van der Waals surface area contributed by atoms with Gasteiger partial charge in [-0.1, -0.05) is 29.8 Å². The fraction of sp³-hybridized carbons (Fsp3) is 0.182. The fourth-order valence-corrected chi connectivity index (χ4v) is 1.13. The second-order valence-corrected chi connectivity index (χ2v) is 3.40. The molecule has 0 aliphatic carbocycles. The molecule has 0 bridgehead atoms. The molecule has 13 heavy (non-hydrogen) atoms. The fourth-order valence-electron chi connectivity index (χ4n) is 0.929. The largest absolute Gasteiger partial charge is 0.241 e. The Labute approximate surface area is 84.0 Å². The summed E-state index contributed by atoms with van der Waals surface area (Å²) in [5, 5.41) is 0.783. The van der Waals surface area contributed by atoms with Crippen LogP contribution in [-0.4, -0.2) is 24.9 Å². The first-order valence-electron chi connectivity index (χ1n) is 4.12. The van der Waals surface area contributed by atoms with Crippen LogP contribution in [0.5, 0.6) is 0 Å². The second-order valence-electron chi connectivity index (χ2n) is 2.99. The van der Waals surface area contributed by atoms with Gasteiger partial charge in [0.05, 0.1) is 0 Å². The van der Waals surface area contributed by atoms with Crippen LogP contribution in [0.1, 0.15) is 5.56 Å². The lowest BCUT2D eigenvalue weighted by Gasteiger charge is -1.94. The molecule has 0 saturated carbocycles. The molecule has 0 fully saturated rings. The molecule has 0 atom stereocenters. The number of benzene rings is 1. The summed E-state index contributed by atoms with van der Waals surface area (Å²) in [4.78, 5) is 0. The normalized spacial score (nSPS) is 10.4. The van der Waals surface area contributed by atoms with Gasteiger partial charge in [0.2, 0.25) is 0 Å². The first kappa shape index (κ1) is 10.0.